The van der Waals surface area contributed by atoms with Crippen molar-refractivity contribution in [3.63, 3.8) is 0 Å². The van der Waals surface area contributed by atoms with Gasteiger partial charge in [0, 0.05) is 39.1 Å². The Morgan fingerprint density at radius 2 is 1.81 bits per heavy atom. The van der Waals surface area contributed by atoms with E-state index < -0.39 is 0 Å². The Morgan fingerprint density at radius 1 is 1.19 bits per heavy atom. The molecule has 0 saturated carbocycles. The summed E-state index contributed by atoms with van der Waals surface area (Å²) in [5, 5.41) is 0. The van der Waals surface area contributed by atoms with E-state index in [1.165, 1.54) is 13.0 Å². The summed E-state index contributed by atoms with van der Waals surface area (Å²) in [5.41, 5.74) is 0. The molecule has 0 aromatic carbocycles. The molecule has 0 radical (unpaired) electrons. The normalized spacial score (nSPS) is 19.8. The Morgan fingerprint density at radius 3 is 2.31 bits per heavy atom. The number of carbonyl (C=O) groups is 1. The van der Waals surface area contributed by atoms with Crippen molar-refractivity contribution in [1.82, 2.24) is 9.80 Å². The Balaban J connectivity index is 2.25. The van der Waals surface area contributed by atoms with Gasteiger partial charge in [-0.15, -0.1) is 0 Å². The molecule has 1 unspecified atom stereocenters. The maximum absolute atomic E-state index is 11.7. The second-order valence-electron chi connectivity index (χ2n) is 4.94. The largest absolute Gasteiger partial charge is 0.340 e. The molecular weight excluding hydrogens is 200 g/mol. The molecule has 0 spiro atoms. The van der Waals surface area contributed by atoms with Gasteiger partial charge < -0.3 is 4.90 Å². The second-order valence-corrected chi connectivity index (χ2v) is 4.94. The number of carbonyl (C=O) groups excluding carboxylic acids is 1. The van der Waals surface area contributed by atoms with Crippen molar-refractivity contribution in [1.29, 1.82) is 0 Å². The molecule has 0 aromatic heterocycles. The number of nitrogens with zero attached hydrogens (tertiary/aromatic N) is 2. The summed E-state index contributed by atoms with van der Waals surface area (Å²) < 4.78 is 0. The van der Waals surface area contributed by atoms with Crippen LogP contribution in [0.15, 0.2) is 0 Å². The highest BCUT2D eigenvalue weighted by atomic mass is 16.2. The van der Waals surface area contributed by atoms with E-state index >= 15 is 0 Å². The number of amides is 1. The molecule has 0 aliphatic carbocycles. The maximum Gasteiger partial charge on any atom is 0.222 e. The van der Waals surface area contributed by atoms with E-state index in [1.807, 2.05) is 4.90 Å². The molecule has 0 bridgehead atoms. The van der Waals surface area contributed by atoms with Gasteiger partial charge in [-0.1, -0.05) is 27.2 Å². The smallest absolute Gasteiger partial charge is 0.222 e. The fraction of sp³-hybridized carbons (Fsp3) is 0.923. The summed E-state index contributed by atoms with van der Waals surface area (Å²) in [7, 11) is 0. The third-order valence-electron chi connectivity index (χ3n) is 3.46. The third-order valence-corrected chi connectivity index (χ3v) is 3.46. The minimum absolute atomic E-state index is 0.339. The van der Waals surface area contributed by atoms with Crippen LogP contribution in [0.5, 0.6) is 0 Å². The van der Waals surface area contributed by atoms with Crippen molar-refractivity contribution >= 4 is 5.91 Å². The molecule has 0 aromatic rings. The van der Waals surface area contributed by atoms with Gasteiger partial charge in [-0.3, -0.25) is 9.69 Å². The second kappa shape index (κ2) is 6.89. The number of hydrogen-bond acceptors (Lipinski definition) is 2. The summed E-state index contributed by atoms with van der Waals surface area (Å²) in [5.74, 6) is 1.11. The number of piperazine rings is 1. The highest BCUT2D eigenvalue weighted by Crippen LogP contribution is 2.09. The lowest BCUT2D eigenvalue weighted by atomic mass is 10.1. The molecule has 1 rings (SSSR count). The van der Waals surface area contributed by atoms with Gasteiger partial charge in [0.15, 0.2) is 0 Å². The standard InChI is InChI=1S/C13H26N2O/c1-4-6-13(16)15-9-7-14(8-10-15)11-12(3)5-2/h12H,4-11H2,1-3H3. The Labute approximate surface area is 99.8 Å². The first-order valence-corrected chi connectivity index (χ1v) is 6.67. The Kier molecular flexibility index (Phi) is 5.81. The number of hydrogen-bond donors (Lipinski definition) is 0. The highest BCUT2D eigenvalue weighted by molar-refractivity contribution is 5.76. The van der Waals surface area contributed by atoms with Gasteiger partial charge in [0.05, 0.1) is 0 Å². The highest BCUT2D eigenvalue weighted by Gasteiger charge is 2.20. The fourth-order valence-electron chi connectivity index (χ4n) is 2.12. The quantitative estimate of drug-likeness (QED) is 0.715. The van der Waals surface area contributed by atoms with Crippen LogP contribution in [0.4, 0.5) is 0 Å². The van der Waals surface area contributed by atoms with E-state index in [-0.39, 0.29) is 0 Å². The molecule has 3 nitrogen and oxygen atoms in total. The van der Waals surface area contributed by atoms with Gasteiger partial charge in [-0.25, -0.2) is 0 Å². The van der Waals surface area contributed by atoms with Gasteiger partial charge >= 0.3 is 0 Å². The van der Waals surface area contributed by atoms with E-state index in [0.717, 1.165) is 38.5 Å². The first-order chi connectivity index (χ1) is 7.67. The molecule has 1 fully saturated rings. The van der Waals surface area contributed by atoms with Gasteiger partial charge in [0.2, 0.25) is 5.91 Å². The van der Waals surface area contributed by atoms with Gasteiger partial charge in [0.25, 0.3) is 0 Å². The van der Waals surface area contributed by atoms with Crippen LogP contribution in [-0.4, -0.2) is 48.4 Å². The van der Waals surface area contributed by atoms with Crippen molar-refractivity contribution in [2.24, 2.45) is 5.92 Å². The summed E-state index contributed by atoms with van der Waals surface area (Å²) in [6, 6.07) is 0. The molecule has 1 aliphatic rings. The first kappa shape index (κ1) is 13.5. The zero-order valence-electron chi connectivity index (χ0n) is 11.0. The predicted octanol–water partition coefficient (Wildman–Crippen LogP) is 1.98. The van der Waals surface area contributed by atoms with Crippen molar-refractivity contribution in [3.8, 4) is 0 Å². The van der Waals surface area contributed by atoms with Crippen LogP contribution < -0.4 is 0 Å². The topological polar surface area (TPSA) is 23.6 Å². The van der Waals surface area contributed by atoms with Gasteiger partial charge in [-0.2, -0.15) is 0 Å². The average molecular weight is 226 g/mol. The van der Waals surface area contributed by atoms with Crippen molar-refractivity contribution in [3.05, 3.63) is 0 Å². The maximum atomic E-state index is 11.7. The SMILES string of the molecule is CCCC(=O)N1CCN(CC(C)CC)CC1. The third kappa shape index (κ3) is 4.12. The van der Waals surface area contributed by atoms with Crippen LogP contribution in [0, 0.1) is 5.92 Å². The summed E-state index contributed by atoms with van der Waals surface area (Å²) in [6.45, 7) is 11.8. The summed E-state index contributed by atoms with van der Waals surface area (Å²) >= 11 is 0. The molecular formula is C13H26N2O. The zero-order chi connectivity index (χ0) is 12.0. The average Bonchev–Trinajstić information content (AvgIpc) is 2.30. The lowest BCUT2D eigenvalue weighted by molar-refractivity contribution is -0.133. The Bertz CT molecular complexity index is 210. The number of rotatable bonds is 5. The van der Waals surface area contributed by atoms with Crippen LogP contribution in [0.3, 0.4) is 0 Å². The zero-order valence-corrected chi connectivity index (χ0v) is 11.0. The van der Waals surface area contributed by atoms with Crippen LogP contribution in [-0.2, 0) is 4.79 Å². The Hall–Kier alpha value is -0.570. The molecule has 1 heterocycles. The van der Waals surface area contributed by atoms with E-state index in [2.05, 4.69) is 25.7 Å². The first-order valence-electron chi connectivity index (χ1n) is 6.67. The van der Waals surface area contributed by atoms with E-state index in [9.17, 15) is 4.79 Å². The lowest BCUT2D eigenvalue weighted by Gasteiger charge is -2.35. The van der Waals surface area contributed by atoms with Crippen LogP contribution in [0.25, 0.3) is 0 Å². The molecule has 16 heavy (non-hydrogen) atoms. The van der Waals surface area contributed by atoms with Gasteiger partial charge in [0.1, 0.15) is 0 Å². The van der Waals surface area contributed by atoms with Crippen molar-refractivity contribution < 1.29 is 4.79 Å². The lowest BCUT2D eigenvalue weighted by Crippen LogP contribution is -2.49. The van der Waals surface area contributed by atoms with Crippen LogP contribution in [0.1, 0.15) is 40.0 Å². The van der Waals surface area contributed by atoms with Crippen molar-refractivity contribution in [2.75, 3.05) is 32.7 Å². The van der Waals surface area contributed by atoms with Crippen LogP contribution >= 0.6 is 0 Å². The summed E-state index contributed by atoms with van der Waals surface area (Å²) in [4.78, 5) is 16.2. The predicted molar refractivity (Wildman–Crippen MR) is 67.4 cm³/mol. The molecule has 94 valence electrons. The fourth-order valence-corrected chi connectivity index (χ4v) is 2.12. The summed E-state index contributed by atoms with van der Waals surface area (Å²) in [6.07, 6.45) is 2.92. The molecule has 1 atom stereocenters. The van der Waals surface area contributed by atoms with E-state index in [1.54, 1.807) is 0 Å². The molecule has 1 amide bonds. The molecule has 1 saturated heterocycles. The molecule has 0 N–H and O–H groups in total. The van der Waals surface area contributed by atoms with Crippen LogP contribution in [0.2, 0.25) is 0 Å². The minimum Gasteiger partial charge on any atom is -0.340 e. The van der Waals surface area contributed by atoms with E-state index in [0.29, 0.717) is 12.3 Å². The molecule has 3 heteroatoms. The molecule has 1 aliphatic heterocycles. The van der Waals surface area contributed by atoms with Gasteiger partial charge in [-0.05, 0) is 12.3 Å². The van der Waals surface area contributed by atoms with E-state index in [4.69, 9.17) is 0 Å². The van der Waals surface area contributed by atoms with Crippen molar-refractivity contribution in [2.45, 2.75) is 40.0 Å². The monoisotopic (exact) mass is 226 g/mol. The minimum atomic E-state index is 0.339.